The van der Waals surface area contributed by atoms with Crippen molar-refractivity contribution in [2.45, 2.75) is 68.2 Å². The van der Waals surface area contributed by atoms with Gasteiger partial charge in [0.1, 0.15) is 5.75 Å². The van der Waals surface area contributed by atoms with E-state index >= 15 is 0 Å². The molecule has 3 heterocycles. The summed E-state index contributed by atoms with van der Waals surface area (Å²) in [5.74, 6) is 0.218. The summed E-state index contributed by atoms with van der Waals surface area (Å²) < 4.78 is 37.2. The van der Waals surface area contributed by atoms with Gasteiger partial charge in [-0.3, -0.25) is 4.90 Å². The van der Waals surface area contributed by atoms with Gasteiger partial charge in [-0.2, -0.15) is 8.78 Å². The first-order valence-corrected chi connectivity index (χ1v) is 11.2. The number of halogens is 2. The van der Waals surface area contributed by atoms with Crippen molar-refractivity contribution < 1.29 is 18.3 Å². The van der Waals surface area contributed by atoms with Crippen molar-refractivity contribution in [2.75, 3.05) is 26.2 Å². The zero-order valence-electron chi connectivity index (χ0n) is 16.1. The SMILES string of the molecule is FC(F)Oc1ccc(SN2CCC3(CCC(N4CC5CC4CO5)C3)CC2)cc1. The standard InChI is InChI=1S/C21H28F2N2O2S/c22-20(23)27-17-1-3-19(4-2-17)28-24-9-7-21(8-10-24)6-5-15(12-21)25-13-18-11-16(25)14-26-18/h1-4,15-16,18,20H,5-14H2. The Morgan fingerprint density at radius 3 is 2.54 bits per heavy atom. The molecule has 4 fully saturated rings. The van der Waals surface area contributed by atoms with Crippen molar-refractivity contribution in [3.63, 3.8) is 0 Å². The van der Waals surface area contributed by atoms with Crippen LogP contribution in [0.4, 0.5) is 8.78 Å². The molecule has 3 saturated heterocycles. The predicted octanol–water partition coefficient (Wildman–Crippen LogP) is 4.40. The number of benzene rings is 1. The fourth-order valence-electron chi connectivity index (χ4n) is 5.67. The second-order valence-corrected chi connectivity index (χ2v) is 9.98. The molecule has 0 aromatic heterocycles. The lowest BCUT2D eigenvalue weighted by Gasteiger charge is -2.40. The molecule has 7 heteroatoms. The van der Waals surface area contributed by atoms with Gasteiger partial charge in [-0.1, -0.05) is 0 Å². The molecule has 2 bridgehead atoms. The Labute approximate surface area is 169 Å². The topological polar surface area (TPSA) is 24.9 Å². The lowest BCUT2D eigenvalue weighted by Crippen LogP contribution is -2.44. The molecule has 1 aliphatic carbocycles. The van der Waals surface area contributed by atoms with Gasteiger partial charge in [-0.25, -0.2) is 4.31 Å². The van der Waals surface area contributed by atoms with E-state index in [9.17, 15) is 8.78 Å². The van der Waals surface area contributed by atoms with E-state index in [0.29, 0.717) is 17.6 Å². The number of hydrogen-bond donors (Lipinski definition) is 0. The summed E-state index contributed by atoms with van der Waals surface area (Å²) in [5.41, 5.74) is 0.527. The third-order valence-electron chi connectivity index (χ3n) is 7.15. The molecule has 4 nitrogen and oxygen atoms in total. The Bertz CT molecular complexity index is 681. The normalized spacial score (nSPS) is 32.6. The highest BCUT2D eigenvalue weighted by Gasteiger charge is 2.48. The third kappa shape index (κ3) is 3.91. The molecule has 5 rings (SSSR count). The number of piperidine rings is 1. The Hall–Kier alpha value is -0.890. The van der Waals surface area contributed by atoms with E-state index in [-0.39, 0.29) is 5.75 Å². The van der Waals surface area contributed by atoms with Crippen LogP contribution in [0.15, 0.2) is 29.2 Å². The van der Waals surface area contributed by atoms with Gasteiger partial charge in [0.25, 0.3) is 0 Å². The van der Waals surface area contributed by atoms with E-state index in [4.69, 9.17) is 4.74 Å². The highest BCUT2D eigenvalue weighted by Crippen LogP contribution is 2.50. The van der Waals surface area contributed by atoms with E-state index in [1.807, 2.05) is 12.1 Å². The van der Waals surface area contributed by atoms with Crippen molar-refractivity contribution >= 4 is 11.9 Å². The lowest BCUT2D eigenvalue weighted by atomic mass is 9.77. The van der Waals surface area contributed by atoms with Crippen LogP contribution in [0.5, 0.6) is 5.75 Å². The molecule has 1 saturated carbocycles. The van der Waals surface area contributed by atoms with Crippen LogP contribution in [0.2, 0.25) is 0 Å². The van der Waals surface area contributed by atoms with Crippen LogP contribution >= 0.6 is 11.9 Å². The zero-order chi connectivity index (χ0) is 19.1. The van der Waals surface area contributed by atoms with Crippen LogP contribution in [0, 0.1) is 5.41 Å². The molecule has 3 unspecified atom stereocenters. The highest BCUT2D eigenvalue weighted by molar-refractivity contribution is 7.97. The average molecular weight is 411 g/mol. The minimum absolute atomic E-state index is 0.218. The molecular formula is C21H28F2N2O2S. The molecule has 0 amide bonds. The van der Waals surface area contributed by atoms with Crippen LogP contribution in [0.25, 0.3) is 0 Å². The van der Waals surface area contributed by atoms with Gasteiger partial charge in [0.05, 0.1) is 12.7 Å². The minimum atomic E-state index is -2.77. The van der Waals surface area contributed by atoms with E-state index in [1.54, 1.807) is 24.1 Å². The number of hydrogen-bond acceptors (Lipinski definition) is 5. The number of nitrogens with zero attached hydrogens (tertiary/aromatic N) is 2. The number of morpholine rings is 1. The van der Waals surface area contributed by atoms with E-state index in [2.05, 4.69) is 13.9 Å². The molecule has 28 heavy (non-hydrogen) atoms. The fourth-order valence-corrected chi connectivity index (χ4v) is 6.59. The first-order valence-electron chi connectivity index (χ1n) is 10.4. The number of fused-ring (bicyclic) bond motifs is 2. The van der Waals surface area contributed by atoms with Crippen molar-refractivity contribution in [1.82, 2.24) is 9.21 Å². The second-order valence-electron chi connectivity index (χ2n) is 8.81. The van der Waals surface area contributed by atoms with Crippen LogP contribution in [0.1, 0.15) is 38.5 Å². The molecule has 1 aromatic carbocycles. The van der Waals surface area contributed by atoms with Gasteiger partial charge in [0.2, 0.25) is 0 Å². The van der Waals surface area contributed by atoms with Gasteiger partial charge in [-0.05, 0) is 80.2 Å². The number of alkyl halides is 2. The number of ether oxygens (including phenoxy) is 2. The summed E-state index contributed by atoms with van der Waals surface area (Å²) in [6.45, 7) is 1.53. The monoisotopic (exact) mass is 410 g/mol. The van der Waals surface area contributed by atoms with Gasteiger partial charge in [-0.15, -0.1) is 0 Å². The summed E-state index contributed by atoms with van der Waals surface area (Å²) in [6.07, 6.45) is 8.34. The second kappa shape index (κ2) is 7.74. The maximum Gasteiger partial charge on any atom is 0.387 e. The molecule has 1 aromatic rings. The maximum atomic E-state index is 12.3. The van der Waals surface area contributed by atoms with Crippen molar-refractivity contribution in [2.24, 2.45) is 5.41 Å². The largest absolute Gasteiger partial charge is 0.435 e. The van der Waals surface area contributed by atoms with Gasteiger partial charge >= 0.3 is 6.61 Å². The molecule has 0 N–H and O–H groups in total. The fraction of sp³-hybridized carbons (Fsp3) is 0.714. The highest BCUT2D eigenvalue weighted by atomic mass is 32.2. The first-order chi connectivity index (χ1) is 13.6. The quantitative estimate of drug-likeness (QED) is 0.670. The summed E-state index contributed by atoms with van der Waals surface area (Å²) in [6, 6.07) is 8.41. The Kier molecular flexibility index (Phi) is 5.28. The van der Waals surface area contributed by atoms with Crippen molar-refractivity contribution in [1.29, 1.82) is 0 Å². The number of rotatable bonds is 5. The molecular weight excluding hydrogens is 382 g/mol. The molecule has 3 atom stereocenters. The van der Waals surface area contributed by atoms with Crippen LogP contribution in [0.3, 0.4) is 0 Å². The Morgan fingerprint density at radius 2 is 1.89 bits per heavy atom. The van der Waals surface area contributed by atoms with Crippen LogP contribution < -0.4 is 4.74 Å². The molecule has 154 valence electrons. The molecule has 1 spiro atoms. The minimum Gasteiger partial charge on any atom is -0.435 e. The van der Waals surface area contributed by atoms with E-state index in [0.717, 1.165) is 37.2 Å². The summed E-state index contributed by atoms with van der Waals surface area (Å²) in [5, 5.41) is 0. The smallest absolute Gasteiger partial charge is 0.387 e. The predicted molar refractivity (Wildman–Crippen MR) is 105 cm³/mol. The third-order valence-corrected chi connectivity index (χ3v) is 8.26. The van der Waals surface area contributed by atoms with E-state index < -0.39 is 6.61 Å². The molecule has 0 radical (unpaired) electrons. The first kappa shape index (κ1) is 19.1. The summed E-state index contributed by atoms with van der Waals surface area (Å²) in [4.78, 5) is 3.84. The van der Waals surface area contributed by atoms with E-state index in [1.165, 1.54) is 38.5 Å². The average Bonchev–Trinajstić information content (AvgIpc) is 3.41. The molecule has 3 aliphatic heterocycles. The van der Waals surface area contributed by atoms with Gasteiger partial charge < -0.3 is 9.47 Å². The number of likely N-dealkylation sites (tertiary alicyclic amines) is 1. The summed E-state index contributed by atoms with van der Waals surface area (Å²) in [7, 11) is 0. The Balaban J connectivity index is 1.12. The zero-order valence-corrected chi connectivity index (χ0v) is 16.9. The van der Waals surface area contributed by atoms with Crippen molar-refractivity contribution in [3.8, 4) is 5.75 Å². The van der Waals surface area contributed by atoms with Gasteiger partial charge in [0.15, 0.2) is 0 Å². The summed E-state index contributed by atoms with van der Waals surface area (Å²) >= 11 is 1.73. The van der Waals surface area contributed by atoms with Gasteiger partial charge in [0, 0.05) is 36.6 Å². The molecule has 4 aliphatic rings. The maximum absolute atomic E-state index is 12.3. The van der Waals surface area contributed by atoms with Crippen molar-refractivity contribution in [3.05, 3.63) is 24.3 Å². The lowest BCUT2D eigenvalue weighted by molar-refractivity contribution is -0.0498. The van der Waals surface area contributed by atoms with Crippen LogP contribution in [-0.2, 0) is 4.74 Å². The van der Waals surface area contributed by atoms with Crippen LogP contribution in [-0.4, -0.2) is 60.2 Å². The Morgan fingerprint density at radius 1 is 1.11 bits per heavy atom.